The zero-order valence-corrected chi connectivity index (χ0v) is 38.1. The molecule has 2 aromatic carbocycles. The fourth-order valence-corrected chi connectivity index (χ4v) is 9.39. The standard InChI is InChI=1S/C31H30N6O2S2.C7H14N2O.C3H8.C2H4O2.C2H6/c1-16(2)29(34-17(3)38)31(39)37-10-4-5-24(37)30-35-21-9-7-19(12-23(21)36-30)26-14-28-27(41-26)13-25(40-28)18-6-8-20-22(11-18)33-15-32-20;1-8-6-7(10)9-4-2-3-5-9;1-3-2;1-4-2-3;1-2/h6-9,11-16,24,29H,4-5,10H2,1-3H3,(H,32,33)(H,34,38)(H,35,36);8H,2-6H2,1H3;3H2,1-2H3;2H,1H3;1-2H3/t24-,29?;;;;/m0..../s1. The number of H-pyrrole nitrogens is 2. The predicted molar refractivity (Wildman–Crippen MR) is 246 cm³/mol. The summed E-state index contributed by atoms with van der Waals surface area (Å²) >= 11 is 3.60. The van der Waals surface area contributed by atoms with Gasteiger partial charge in [0.25, 0.3) is 6.47 Å². The first-order valence-electron chi connectivity index (χ1n) is 20.9. The average molecular weight is 859 g/mol. The third-order valence-electron chi connectivity index (χ3n) is 9.72. The summed E-state index contributed by atoms with van der Waals surface area (Å²) in [5, 5.41) is 5.70. The first-order chi connectivity index (χ1) is 29.0. The highest BCUT2D eigenvalue weighted by molar-refractivity contribution is 7.31. The van der Waals surface area contributed by atoms with Crippen LogP contribution in [0.15, 0.2) is 54.9 Å². The van der Waals surface area contributed by atoms with Crippen LogP contribution in [0.1, 0.15) is 92.4 Å². The van der Waals surface area contributed by atoms with E-state index < -0.39 is 6.04 Å². The van der Waals surface area contributed by atoms with Crippen molar-refractivity contribution in [2.75, 3.05) is 40.3 Å². The maximum Gasteiger partial charge on any atom is 0.292 e. The molecular formula is C45H62N8O5S2. The van der Waals surface area contributed by atoms with Crippen LogP contribution in [0.3, 0.4) is 0 Å². The van der Waals surface area contributed by atoms with E-state index in [0.717, 1.165) is 59.4 Å². The Kier molecular flexibility index (Phi) is 18.7. The van der Waals surface area contributed by atoms with Gasteiger partial charge in [0, 0.05) is 45.7 Å². The number of methoxy groups -OCH3 is 1. The number of imidazole rings is 2. The number of aromatic amines is 2. The molecule has 2 atom stereocenters. The Bertz CT molecular complexity index is 2250. The molecule has 60 heavy (non-hydrogen) atoms. The minimum absolute atomic E-state index is 0.00222. The van der Waals surface area contributed by atoms with Crippen molar-refractivity contribution in [3.8, 4) is 20.9 Å². The molecule has 0 radical (unpaired) electrons. The number of aromatic nitrogens is 4. The van der Waals surface area contributed by atoms with Gasteiger partial charge in [-0.15, -0.1) is 22.7 Å². The van der Waals surface area contributed by atoms with Gasteiger partial charge in [0.1, 0.15) is 11.9 Å². The lowest BCUT2D eigenvalue weighted by molar-refractivity contribution is -0.138. The van der Waals surface area contributed by atoms with E-state index in [0.29, 0.717) is 19.6 Å². The van der Waals surface area contributed by atoms with Crippen LogP contribution < -0.4 is 10.6 Å². The van der Waals surface area contributed by atoms with Crippen LogP contribution in [0.4, 0.5) is 0 Å². The Morgan fingerprint density at radius 2 is 1.50 bits per heavy atom. The topological polar surface area (TPSA) is 165 Å². The third-order valence-corrected chi connectivity index (χ3v) is 12.1. The summed E-state index contributed by atoms with van der Waals surface area (Å²) in [7, 11) is 3.11. The number of hydrogen-bond acceptors (Lipinski definition) is 10. The van der Waals surface area contributed by atoms with Gasteiger partial charge in [0.15, 0.2) is 0 Å². The van der Waals surface area contributed by atoms with Crippen molar-refractivity contribution >= 4 is 78.3 Å². The summed E-state index contributed by atoms with van der Waals surface area (Å²) in [5.41, 5.74) is 6.21. The molecule has 0 aliphatic carbocycles. The Balaban J connectivity index is 0.000000350. The number of carbonyl (C=O) groups is 4. The van der Waals surface area contributed by atoms with Crippen molar-refractivity contribution in [1.82, 2.24) is 40.4 Å². The number of benzene rings is 2. The van der Waals surface area contributed by atoms with Gasteiger partial charge in [-0.25, -0.2) is 9.97 Å². The fourth-order valence-electron chi connectivity index (χ4n) is 7.01. The number of thiophene rings is 2. The molecule has 2 saturated heterocycles. The number of hydrogen-bond donors (Lipinski definition) is 4. The van der Waals surface area contributed by atoms with Crippen LogP contribution >= 0.6 is 22.7 Å². The monoisotopic (exact) mass is 858 g/mol. The van der Waals surface area contributed by atoms with Crippen LogP contribution in [0.2, 0.25) is 0 Å². The summed E-state index contributed by atoms with van der Waals surface area (Å²) in [6.07, 6.45) is 7.09. The quantitative estimate of drug-likeness (QED) is 0.105. The number of nitrogens with one attached hydrogen (secondary N) is 4. The van der Waals surface area contributed by atoms with E-state index >= 15 is 0 Å². The van der Waals surface area contributed by atoms with Gasteiger partial charge in [-0.1, -0.05) is 60.1 Å². The number of likely N-dealkylation sites (N-methyl/N-ethyl adjacent to an activating group) is 1. The molecule has 0 spiro atoms. The summed E-state index contributed by atoms with van der Waals surface area (Å²) in [5.74, 6) is 0.812. The van der Waals surface area contributed by atoms with Crippen molar-refractivity contribution in [1.29, 1.82) is 0 Å². The SMILES string of the molecule is CC.CC(=O)NC(C(=O)N1CCC[C@H]1c1nc2ccc(-c3cc4sc(-c5ccc6nc[nH]c6c5)cc4s3)cc2[nH]1)C(C)C.CCC.CNCC(=O)N1CCCC1.COC=O. The molecule has 15 heteroatoms. The summed E-state index contributed by atoms with van der Waals surface area (Å²) in [4.78, 5) is 67.4. The van der Waals surface area contributed by atoms with Crippen LogP contribution in [0, 0.1) is 5.92 Å². The molecule has 3 amide bonds. The van der Waals surface area contributed by atoms with Gasteiger partial charge in [-0.05, 0) is 86.2 Å². The summed E-state index contributed by atoms with van der Waals surface area (Å²) in [6, 6.07) is 16.6. The second-order valence-corrected chi connectivity index (χ2v) is 16.9. The smallest absolute Gasteiger partial charge is 0.292 e. The third kappa shape index (κ3) is 12.2. The van der Waals surface area contributed by atoms with E-state index in [9.17, 15) is 14.4 Å². The molecule has 1 unspecified atom stereocenters. The minimum atomic E-state index is -0.536. The van der Waals surface area contributed by atoms with Crippen LogP contribution in [-0.4, -0.2) is 100 Å². The van der Waals surface area contributed by atoms with E-state index in [4.69, 9.17) is 9.78 Å². The van der Waals surface area contributed by atoms with Crippen LogP contribution in [0.5, 0.6) is 0 Å². The van der Waals surface area contributed by atoms with Gasteiger partial charge < -0.3 is 35.1 Å². The molecule has 2 fully saturated rings. The second kappa shape index (κ2) is 23.6. The molecule has 4 N–H and O–H groups in total. The van der Waals surface area contributed by atoms with Gasteiger partial charge in [0.05, 0.1) is 48.1 Å². The van der Waals surface area contributed by atoms with Crippen molar-refractivity contribution in [3.05, 3.63) is 60.7 Å². The van der Waals surface area contributed by atoms with E-state index in [2.05, 4.69) is 92.7 Å². The molecule has 0 saturated carbocycles. The lowest BCUT2D eigenvalue weighted by Gasteiger charge is -2.30. The first kappa shape index (κ1) is 47.6. The Morgan fingerprint density at radius 3 is 2.05 bits per heavy atom. The van der Waals surface area contributed by atoms with Crippen molar-refractivity contribution in [2.45, 2.75) is 92.7 Å². The first-order valence-corrected chi connectivity index (χ1v) is 22.6. The summed E-state index contributed by atoms with van der Waals surface area (Å²) < 4.78 is 6.41. The van der Waals surface area contributed by atoms with Gasteiger partial charge in [-0.2, -0.15) is 0 Å². The van der Waals surface area contributed by atoms with E-state index in [1.54, 1.807) is 36.0 Å². The number of amides is 3. The lowest BCUT2D eigenvalue weighted by atomic mass is 10.0. The largest absolute Gasteiger partial charge is 0.471 e. The van der Waals surface area contributed by atoms with Crippen molar-refractivity contribution < 1.29 is 23.9 Å². The number of likely N-dealkylation sites (tertiary alicyclic amines) is 2. The fraction of sp³-hybridized carbons (Fsp3) is 0.467. The highest BCUT2D eigenvalue weighted by atomic mass is 32.1. The van der Waals surface area contributed by atoms with Crippen LogP contribution in [0.25, 0.3) is 52.3 Å². The van der Waals surface area contributed by atoms with E-state index in [1.165, 1.54) is 58.0 Å². The molecule has 13 nitrogen and oxygen atoms in total. The maximum atomic E-state index is 13.4. The van der Waals surface area contributed by atoms with E-state index in [1.807, 2.05) is 37.5 Å². The zero-order valence-electron chi connectivity index (χ0n) is 36.5. The van der Waals surface area contributed by atoms with Crippen molar-refractivity contribution in [3.63, 3.8) is 0 Å². The Morgan fingerprint density at radius 1 is 0.917 bits per heavy atom. The summed E-state index contributed by atoms with van der Waals surface area (Å²) in [6.45, 7) is 17.1. The van der Waals surface area contributed by atoms with E-state index in [-0.39, 0.29) is 29.7 Å². The normalized spacial score (nSPS) is 14.9. The molecule has 0 bridgehead atoms. The number of carbonyl (C=O) groups excluding carboxylic acids is 4. The Hall–Kier alpha value is -5.12. The average Bonchev–Trinajstić information content (AvgIpc) is 4.10. The number of rotatable bonds is 9. The number of ether oxygens (including phenoxy) is 1. The molecule has 2 aliphatic heterocycles. The molecule has 324 valence electrons. The maximum absolute atomic E-state index is 13.4. The second-order valence-electron chi connectivity index (χ2n) is 14.7. The molecular weight excluding hydrogens is 797 g/mol. The molecule has 6 heterocycles. The van der Waals surface area contributed by atoms with Crippen molar-refractivity contribution in [2.24, 2.45) is 5.92 Å². The highest BCUT2D eigenvalue weighted by Crippen LogP contribution is 2.42. The minimum Gasteiger partial charge on any atom is -0.471 e. The molecule has 2 aliphatic rings. The lowest BCUT2D eigenvalue weighted by Crippen LogP contribution is -2.50. The molecule has 6 aromatic rings. The number of fused-ring (bicyclic) bond motifs is 3. The zero-order chi connectivity index (χ0) is 43.8. The Labute approximate surface area is 361 Å². The van der Waals surface area contributed by atoms with Gasteiger partial charge in [-0.3, -0.25) is 19.2 Å². The highest BCUT2D eigenvalue weighted by Gasteiger charge is 2.37. The molecule has 8 rings (SSSR count). The molecule has 4 aromatic heterocycles. The van der Waals surface area contributed by atoms with Gasteiger partial charge in [0.2, 0.25) is 17.7 Å². The van der Waals surface area contributed by atoms with Crippen LogP contribution in [-0.2, 0) is 23.9 Å². The number of nitrogens with zero attached hydrogens (tertiary/aromatic N) is 4. The van der Waals surface area contributed by atoms with Gasteiger partial charge >= 0.3 is 0 Å². The predicted octanol–water partition coefficient (Wildman–Crippen LogP) is 8.93.